The van der Waals surface area contributed by atoms with E-state index in [1.165, 1.54) is 18.2 Å². The fourth-order valence-corrected chi connectivity index (χ4v) is 2.59. The third kappa shape index (κ3) is 3.59. The molecule has 1 aromatic heterocycles. The van der Waals surface area contributed by atoms with Crippen LogP contribution in [-0.4, -0.2) is 17.0 Å². The zero-order chi connectivity index (χ0) is 19.9. The molecule has 2 aromatic carbocycles. The van der Waals surface area contributed by atoms with Gasteiger partial charge in [0.25, 0.3) is 5.91 Å². The molecule has 0 aliphatic carbocycles. The summed E-state index contributed by atoms with van der Waals surface area (Å²) in [6.07, 6.45) is -4.91. The van der Waals surface area contributed by atoms with E-state index in [1.54, 1.807) is 0 Å². The van der Waals surface area contributed by atoms with Gasteiger partial charge in [-0.15, -0.1) is 0 Å². The summed E-state index contributed by atoms with van der Waals surface area (Å²) < 4.78 is 56.6. The van der Waals surface area contributed by atoms with Crippen molar-refractivity contribution in [3.8, 4) is 0 Å². The summed E-state index contributed by atoms with van der Waals surface area (Å²) in [7, 11) is 0. The molecule has 0 spiro atoms. The number of rotatable bonds is 3. The number of alkyl halides is 3. The lowest BCUT2D eigenvalue weighted by atomic mass is 10.1. The molecule has 5 nitrogen and oxygen atoms in total. The van der Waals surface area contributed by atoms with Crippen LogP contribution in [0.15, 0.2) is 40.8 Å². The largest absolute Gasteiger partial charge is 0.475 e. The van der Waals surface area contributed by atoms with Crippen molar-refractivity contribution in [1.82, 2.24) is 0 Å². The summed E-state index contributed by atoms with van der Waals surface area (Å²) in [4.78, 5) is 23.6. The van der Waals surface area contributed by atoms with Gasteiger partial charge in [0.2, 0.25) is 5.76 Å². The first-order valence-corrected chi connectivity index (χ1v) is 7.59. The van der Waals surface area contributed by atoms with Gasteiger partial charge in [0, 0.05) is 16.0 Å². The molecule has 2 N–H and O–H groups in total. The predicted molar refractivity (Wildman–Crippen MR) is 87.5 cm³/mol. The Hall–Kier alpha value is -3.07. The van der Waals surface area contributed by atoms with E-state index < -0.39 is 40.8 Å². The van der Waals surface area contributed by atoms with Gasteiger partial charge < -0.3 is 14.8 Å². The molecule has 27 heavy (non-hydrogen) atoms. The van der Waals surface area contributed by atoms with E-state index in [-0.39, 0.29) is 21.7 Å². The van der Waals surface area contributed by atoms with Gasteiger partial charge in [0.05, 0.1) is 5.56 Å². The molecule has 0 radical (unpaired) electrons. The summed E-state index contributed by atoms with van der Waals surface area (Å²) in [5.41, 5.74) is -2.09. The van der Waals surface area contributed by atoms with Crippen molar-refractivity contribution in [3.05, 3.63) is 64.1 Å². The number of carbonyl (C=O) groups is 2. The smallest absolute Gasteiger partial charge is 0.419 e. The average Bonchev–Trinajstić information content (AvgIpc) is 2.91. The molecule has 0 unspecified atom stereocenters. The maximum Gasteiger partial charge on any atom is 0.419 e. The van der Waals surface area contributed by atoms with Gasteiger partial charge in [-0.05, 0) is 36.4 Å². The Bertz CT molecular complexity index is 1070. The normalized spacial score (nSPS) is 11.6. The second-order valence-corrected chi connectivity index (χ2v) is 5.83. The number of carbonyl (C=O) groups excluding carboxylic acids is 1. The molecule has 3 aromatic rings. The highest BCUT2D eigenvalue weighted by atomic mass is 35.5. The van der Waals surface area contributed by atoms with Gasteiger partial charge >= 0.3 is 12.1 Å². The van der Waals surface area contributed by atoms with Crippen LogP contribution in [0, 0.1) is 5.82 Å². The first kappa shape index (κ1) is 18.7. The van der Waals surface area contributed by atoms with E-state index in [2.05, 4.69) is 5.32 Å². The van der Waals surface area contributed by atoms with Crippen molar-refractivity contribution in [3.63, 3.8) is 0 Å². The molecule has 0 saturated heterocycles. The second-order valence-electron chi connectivity index (χ2n) is 5.40. The van der Waals surface area contributed by atoms with Crippen LogP contribution in [0.3, 0.4) is 0 Å². The van der Waals surface area contributed by atoms with Gasteiger partial charge in [-0.2, -0.15) is 13.2 Å². The lowest BCUT2D eigenvalue weighted by Crippen LogP contribution is -2.15. The van der Waals surface area contributed by atoms with Crippen molar-refractivity contribution in [2.45, 2.75) is 6.18 Å². The quantitative estimate of drug-likeness (QED) is 0.592. The zero-order valence-corrected chi connectivity index (χ0v) is 13.8. The molecule has 10 heteroatoms. The summed E-state index contributed by atoms with van der Waals surface area (Å²) in [5.74, 6) is -4.74. The first-order chi connectivity index (χ1) is 12.6. The Balaban J connectivity index is 2.01. The number of nitrogens with one attached hydrogen (secondary N) is 1. The van der Waals surface area contributed by atoms with Crippen LogP contribution in [-0.2, 0) is 6.18 Å². The van der Waals surface area contributed by atoms with Crippen LogP contribution in [0.4, 0.5) is 23.2 Å². The van der Waals surface area contributed by atoms with Crippen molar-refractivity contribution in [2.24, 2.45) is 0 Å². The monoisotopic (exact) mass is 401 g/mol. The van der Waals surface area contributed by atoms with Crippen molar-refractivity contribution in [2.75, 3.05) is 5.32 Å². The molecule has 0 saturated carbocycles. The maximum absolute atomic E-state index is 13.7. The topological polar surface area (TPSA) is 79.5 Å². The number of aromatic carboxylic acids is 1. The van der Waals surface area contributed by atoms with Gasteiger partial charge in [-0.25, -0.2) is 9.18 Å². The SMILES string of the molecule is O=C(Nc1c(C(=O)O)oc2ccc(Cl)cc12)c1ccc(C(F)(F)F)c(F)c1. The van der Waals surface area contributed by atoms with Crippen molar-refractivity contribution >= 4 is 40.1 Å². The fourth-order valence-electron chi connectivity index (χ4n) is 2.42. The highest BCUT2D eigenvalue weighted by Gasteiger charge is 2.34. The molecule has 3 rings (SSSR count). The number of carboxylic acids is 1. The second kappa shape index (κ2) is 6.58. The average molecular weight is 402 g/mol. The highest BCUT2D eigenvalue weighted by molar-refractivity contribution is 6.31. The van der Waals surface area contributed by atoms with E-state index >= 15 is 0 Å². The van der Waals surface area contributed by atoms with Gasteiger partial charge in [-0.3, -0.25) is 4.79 Å². The molecular weight excluding hydrogens is 394 g/mol. The molecule has 1 amide bonds. The van der Waals surface area contributed by atoms with E-state index in [0.717, 1.165) is 6.07 Å². The minimum atomic E-state index is -4.91. The molecule has 0 atom stereocenters. The summed E-state index contributed by atoms with van der Waals surface area (Å²) in [5, 5.41) is 11.9. The van der Waals surface area contributed by atoms with Crippen molar-refractivity contribution in [1.29, 1.82) is 0 Å². The summed E-state index contributed by atoms with van der Waals surface area (Å²) >= 11 is 5.86. The Morgan fingerprint density at radius 3 is 2.41 bits per heavy atom. The number of anilines is 1. The molecule has 0 fully saturated rings. The molecule has 0 bridgehead atoms. The number of carboxylic acid groups (broad SMARTS) is 1. The number of furan rings is 1. The lowest BCUT2D eigenvalue weighted by Gasteiger charge is -2.10. The van der Waals surface area contributed by atoms with Crippen LogP contribution in [0.5, 0.6) is 0 Å². The van der Waals surface area contributed by atoms with E-state index in [9.17, 15) is 32.3 Å². The Morgan fingerprint density at radius 1 is 1.11 bits per heavy atom. The van der Waals surface area contributed by atoms with Gasteiger partial charge in [0.1, 0.15) is 17.1 Å². The molecule has 0 aliphatic heterocycles. The third-order valence-corrected chi connectivity index (χ3v) is 3.85. The number of hydrogen-bond acceptors (Lipinski definition) is 3. The van der Waals surface area contributed by atoms with Gasteiger partial charge in [-0.1, -0.05) is 11.6 Å². The van der Waals surface area contributed by atoms with E-state index in [1.807, 2.05) is 0 Å². The Labute approximate surface area is 153 Å². The number of halogens is 5. The minimum absolute atomic E-state index is 0.116. The summed E-state index contributed by atoms with van der Waals surface area (Å²) in [6.45, 7) is 0. The van der Waals surface area contributed by atoms with Crippen LogP contribution in [0.1, 0.15) is 26.5 Å². The number of benzene rings is 2. The first-order valence-electron chi connectivity index (χ1n) is 7.21. The van der Waals surface area contributed by atoms with Crippen LogP contribution in [0.2, 0.25) is 5.02 Å². The molecule has 140 valence electrons. The van der Waals surface area contributed by atoms with Crippen molar-refractivity contribution < 1.29 is 36.7 Å². The summed E-state index contributed by atoms with van der Waals surface area (Å²) in [6, 6.07) is 5.78. The van der Waals surface area contributed by atoms with Crippen LogP contribution >= 0.6 is 11.6 Å². The minimum Gasteiger partial charge on any atom is -0.475 e. The Morgan fingerprint density at radius 2 is 1.81 bits per heavy atom. The number of hydrogen-bond donors (Lipinski definition) is 2. The standard InChI is InChI=1S/C17H8ClF4NO4/c18-8-2-4-12-9(6-8)13(14(27-12)16(25)26)23-15(24)7-1-3-10(11(19)5-7)17(20,21)22/h1-6H,(H,23,24)(H,25,26). The third-order valence-electron chi connectivity index (χ3n) is 3.62. The lowest BCUT2D eigenvalue weighted by molar-refractivity contribution is -0.140. The highest BCUT2D eigenvalue weighted by Crippen LogP contribution is 2.34. The molecule has 0 aliphatic rings. The van der Waals surface area contributed by atoms with Crippen LogP contribution < -0.4 is 5.32 Å². The molecule has 1 heterocycles. The maximum atomic E-state index is 13.7. The zero-order valence-electron chi connectivity index (χ0n) is 13.0. The number of fused-ring (bicyclic) bond motifs is 1. The Kier molecular flexibility index (Phi) is 4.56. The van der Waals surface area contributed by atoms with Crippen LogP contribution in [0.25, 0.3) is 11.0 Å². The van der Waals surface area contributed by atoms with E-state index in [4.69, 9.17) is 16.0 Å². The predicted octanol–water partition coefficient (Wildman–Crippen LogP) is 5.19. The number of amides is 1. The van der Waals surface area contributed by atoms with Gasteiger partial charge in [0.15, 0.2) is 0 Å². The molecular formula is C17H8ClF4NO4. The fraction of sp³-hybridized carbons (Fsp3) is 0.0588. The van der Waals surface area contributed by atoms with E-state index in [0.29, 0.717) is 12.1 Å².